The molecule has 1 fully saturated rings. The Bertz CT molecular complexity index is 648. The van der Waals surface area contributed by atoms with Gasteiger partial charge in [0.15, 0.2) is 5.82 Å². The van der Waals surface area contributed by atoms with E-state index in [2.05, 4.69) is 10.4 Å². The molecule has 3 heterocycles. The Morgan fingerprint density at radius 3 is 2.95 bits per heavy atom. The van der Waals surface area contributed by atoms with Crippen LogP contribution < -0.4 is 11.3 Å². The first-order chi connectivity index (χ1) is 9.86. The van der Waals surface area contributed by atoms with Crippen LogP contribution in [0.1, 0.15) is 41.4 Å². The summed E-state index contributed by atoms with van der Waals surface area (Å²) < 4.78 is 5.45. The molecule has 0 saturated carbocycles. The number of thiophene rings is 1. The number of rotatable bonds is 2. The summed E-state index contributed by atoms with van der Waals surface area (Å²) in [4.78, 5) is 12.0. The number of anilines is 1. The predicted molar refractivity (Wildman–Crippen MR) is 80.0 cm³/mol. The van der Waals surface area contributed by atoms with Crippen LogP contribution in [0.25, 0.3) is 10.2 Å². The summed E-state index contributed by atoms with van der Waals surface area (Å²) in [6.07, 6.45) is 5.82. The van der Waals surface area contributed by atoms with E-state index < -0.39 is 0 Å². The zero-order valence-corrected chi connectivity index (χ0v) is 12.1. The highest BCUT2D eigenvalue weighted by molar-refractivity contribution is 7.19. The normalized spacial score (nSPS) is 22.1. The van der Waals surface area contributed by atoms with Crippen molar-refractivity contribution in [3.05, 3.63) is 16.3 Å². The molecule has 2 aromatic rings. The largest absolute Gasteiger partial charge is 0.381 e. The van der Waals surface area contributed by atoms with Crippen LogP contribution >= 0.6 is 11.3 Å². The predicted octanol–water partition coefficient (Wildman–Crippen LogP) is 2.36. The number of nitrogen functional groups attached to an aromatic ring is 1. The van der Waals surface area contributed by atoms with Crippen molar-refractivity contribution >= 4 is 27.4 Å². The first kappa shape index (κ1) is 12.5. The lowest BCUT2D eigenvalue weighted by molar-refractivity contribution is 0.193. The number of nitrogens with zero attached hydrogens (tertiary/aromatic N) is 2. The average Bonchev–Trinajstić information content (AvgIpc) is 3.13. The van der Waals surface area contributed by atoms with Gasteiger partial charge in [-0.25, -0.2) is 15.8 Å². The average molecular weight is 290 g/mol. The fraction of sp³-hybridized carbons (Fsp3) is 0.571. The van der Waals surface area contributed by atoms with Gasteiger partial charge in [-0.15, -0.1) is 11.3 Å². The van der Waals surface area contributed by atoms with Crippen LogP contribution in [-0.4, -0.2) is 23.2 Å². The van der Waals surface area contributed by atoms with Crippen molar-refractivity contribution in [2.24, 2.45) is 5.84 Å². The molecule has 1 saturated heterocycles. The van der Waals surface area contributed by atoms with Crippen molar-refractivity contribution in [3.63, 3.8) is 0 Å². The van der Waals surface area contributed by atoms with E-state index in [0.29, 0.717) is 5.92 Å². The van der Waals surface area contributed by atoms with Crippen LogP contribution in [0.3, 0.4) is 0 Å². The number of nitrogens with two attached hydrogens (primary N) is 1. The third-order valence-electron chi connectivity index (χ3n) is 4.26. The van der Waals surface area contributed by atoms with Crippen molar-refractivity contribution in [2.75, 3.05) is 18.6 Å². The number of hydrazine groups is 1. The van der Waals surface area contributed by atoms with Crippen LogP contribution in [0.2, 0.25) is 0 Å². The summed E-state index contributed by atoms with van der Waals surface area (Å²) in [7, 11) is 0. The highest BCUT2D eigenvalue weighted by Crippen LogP contribution is 2.39. The van der Waals surface area contributed by atoms with E-state index in [1.54, 1.807) is 0 Å². The second kappa shape index (κ2) is 4.95. The van der Waals surface area contributed by atoms with Gasteiger partial charge in [-0.3, -0.25) is 0 Å². The van der Waals surface area contributed by atoms with E-state index in [9.17, 15) is 0 Å². The van der Waals surface area contributed by atoms with Gasteiger partial charge in [-0.05, 0) is 37.7 Å². The summed E-state index contributed by atoms with van der Waals surface area (Å²) in [5, 5.41) is 1.15. The molecule has 1 aliphatic carbocycles. The Hall–Kier alpha value is -1.24. The fourth-order valence-corrected chi connectivity index (χ4v) is 4.47. The van der Waals surface area contributed by atoms with Crippen LogP contribution in [0, 0.1) is 0 Å². The highest BCUT2D eigenvalue weighted by Gasteiger charge is 2.25. The molecule has 0 amide bonds. The number of hydrogen-bond donors (Lipinski definition) is 2. The summed E-state index contributed by atoms with van der Waals surface area (Å²) in [6, 6.07) is 0. The van der Waals surface area contributed by atoms with Crippen molar-refractivity contribution in [3.8, 4) is 0 Å². The third-order valence-corrected chi connectivity index (χ3v) is 5.45. The van der Waals surface area contributed by atoms with Gasteiger partial charge in [-0.1, -0.05) is 0 Å². The molecule has 2 aromatic heterocycles. The van der Waals surface area contributed by atoms with E-state index in [0.717, 1.165) is 47.9 Å². The van der Waals surface area contributed by atoms with Crippen molar-refractivity contribution in [2.45, 2.75) is 38.0 Å². The summed E-state index contributed by atoms with van der Waals surface area (Å²) in [5.41, 5.74) is 4.20. The van der Waals surface area contributed by atoms with Crippen LogP contribution in [0.4, 0.5) is 5.82 Å². The van der Waals surface area contributed by atoms with Gasteiger partial charge in [0.25, 0.3) is 0 Å². The molecule has 3 N–H and O–H groups in total. The standard InChI is InChI=1S/C14H18N4OS/c15-18-13-11-9-3-1-2-4-10(9)20-14(11)17-12(16-13)8-5-6-19-7-8/h8H,1-7,15H2,(H,16,17,18). The van der Waals surface area contributed by atoms with Crippen molar-refractivity contribution in [1.29, 1.82) is 0 Å². The highest BCUT2D eigenvalue weighted by atomic mass is 32.1. The van der Waals surface area contributed by atoms with Gasteiger partial charge in [0.1, 0.15) is 10.7 Å². The van der Waals surface area contributed by atoms with E-state index in [1.165, 1.54) is 29.7 Å². The molecule has 2 aliphatic rings. The lowest BCUT2D eigenvalue weighted by Gasteiger charge is -2.12. The molecule has 5 nitrogen and oxygen atoms in total. The smallest absolute Gasteiger partial charge is 0.152 e. The first-order valence-electron chi connectivity index (χ1n) is 7.23. The molecule has 4 rings (SSSR count). The number of aromatic nitrogens is 2. The topological polar surface area (TPSA) is 73.1 Å². The Kier molecular flexibility index (Phi) is 3.09. The van der Waals surface area contributed by atoms with Gasteiger partial charge < -0.3 is 10.2 Å². The fourth-order valence-electron chi connectivity index (χ4n) is 3.20. The number of fused-ring (bicyclic) bond motifs is 3. The second-order valence-corrected chi connectivity index (χ2v) is 6.61. The minimum atomic E-state index is 0.311. The number of aryl methyl sites for hydroxylation is 2. The molecular weight excluding hydrogens is 272 g/mol. The molecule has 1 atom stereocenters. The van der Waals surface area contributed by atoms with Crippen molar-refractivity contribution < 1.29 is 4.74 Å². The lowest BCUT2D eigenvalue weighted by Crippen LogP contribution is -2.13. The second-order valence-electron chi connectivity index (χ2n) is 5.53. The summed E-state index contributed by atoms with van der Waals surface area (Å²) in [5.74, 6) is 7.68. The lowest BCUT2D eigenvalue weighted by atomic mass is 9.97. The zero-order valence-electron chi connectivity index (χ0n) is 11.3. The maximum absolute atomic E-state index is 5.71. The molecule has 0 aromatic carbocycles. The third kappa shape index (κ3) is 1.90. The quantitative estimate of drug-likeness (QED) is 0.656. The minimum absolute atomic E-state index is 0.311. The Morgan fingerprint density at radius 2 is 2.15 bits per heavy atom. The Balaban J connectivity index is 1.89. The van der Waals surface area contributed by atoms with Gasteiger partial charge in [-0.2, -0.15) is 0 Å². The molecular formula is C14H18N4OS. The van der Waals surface area contributed by atoms with Crippen LogP contribution in [0.5, 0.6) is 0 Å². The molecule has 20 heavy (non-hydrogen) atoms. The van der Waals surface area contributed by atoms with Gasteiger partial charge in [0.05, 0.1) is 12.0 Å². The van der Waals surface area contributed by atoms with E-state index in [1.807, 2.05) is 11.3 Å². The van der Waals surface area contributed by atoms with Crippen molar-refractivity contribution in [1.82, 2.24) is 9.97 Å². The van der Waals surface area contributed by atoms with Gasteiger partial charge in [0, 0.05) is 17.4 Å². The minimum Gasteiger partial charge on any atom is -0.381 e. The molecule has 0 spiro atoms. The molecule has 1 aliphatic heterocycles. The maximum Gasteiger partial charge on any atom is 0.152 e. The van der Waals surface area contributed by atoms with E-state index >= 15 is 0 Å². The maximum atomic E-state index is 5.71. The summed E-state index contributed by atoms with van der Waals surface area (Å²) >= 11 is 1.81. The number of ether oxygens (including phenoxy) is 1. The molecule has 6 heteroatoms. The Morgan fingerprint density at radius 1 is 1.25 bits per heavy atom. The molecule has 0 bridgehead atoms. The van der Waals surface area contributed by atoms with Crippen LogP contribution in [-0.2, 0) is 17.6 Å². The van der Waals surface area contributed by atoms with E-state index in [-0.39, 0.29) is 0 Å². The Labute approximate surface area is 121 Å². The van der Waals surface area contributed by atoms with Gasteiger partial charge >= 0.3 is 0 Å². The monoisotopic (exact) mass is 290 g/mol. The molecule has 106 valence electrons. The molecule has 1 unspecified atom stereocenters. The van der Waals surface area contributed by atoms with Gasteiger partial charge in [0.2, 0.25) is 0 Å². The first-order valence-corrected chi connectivity index (χ1v) is 8.05. The number of hydrogen-bond acceptors (Lipinski definition) is 6. The van der Waals surface area contributed by atoms with Crippen LogP contribution in [0.15, 0.2) is 0 Å². The number of nitrogens with one attached hydrogen (secondary N) is 1. The SMILES string of the molecule is NNc1nc(C2CCOC2)nc2sc3c(c12)CCCC3. The summed E-state index contributed by atoms with van der Waals surface area (Å²) in [6.45, 7) is 1.53. The zero-order chi connectivity index (χ0) is 13.5. The molecule has 0 radical (unpaired) electrons. The van der Waals surface area contributed by atoms with E-state index in [4.69, 9.17) is 15.6 Å².